The third-order valence-electron chi connectivity index (χ3n) is 18.5. The zero-order chi connectivity index (χ0) is 71.0. The second-order valence-corrected chi connectivity index (χ2v) is 32.1. The van der Waals surface area contributed by atoms with Gasteiger partial charge in [-0.25, -0.2) is 9.13 Å². The molecule has 0 heterocycles. The van der Waals surface area contributed by atoms with Gasteiger partial charge in [0.1, 0.15) is 19.3 Å². The molecule has 0 radical (unpaired) electrons. The normalized spacial score (nSPS) is 14.7. The highest BCUT2D eigenvalue weighted by Gasteiger charge is 2.30. The number of hydrogen-bond donors (Lipinski definition) is 3. The van der Waals surface area contributed by atoms with Crippen molar-refractivity contribution in [2.45, 2.75) is 408 Å². The predicted octanol–water partition coefficient (Wildman–Crippen LogP) is 22.4. The zero-order valence-electron chi connectivity index (χ0n) is 63.0. The van der Waals surface area contributed by atoms with Gasteiger partial charge in [0.25, 0.3) is 0 Å². The molecule has 0 aromatic heterocycles. The van der Waals surface area contributed by atoms with Gasteiger partial charge < -0.3 is 33.8 Å². The van der Waals surface area contributed by atoms with Gasteiger partial charge >= 0.3 is 39.5 Å². The van der Waals surface area contributed by atoms with Crippen molar-refractivity contribution in [3.05, 3.63) is 0 Å². The van der Waals surface area contributed by atoms with Crippen molar-refractivity contribution in [3.63, 3.8) is 0 Å². The zero-order valence-corrected chi connectivity index (χ0v) is 64.8. The van der Waals surface area contributed by atoms with Crippen molar-refractivity contribution in [2.75, 3.05) is 39.6 Å². The first-order valence-electron chi connectivity index (χ1n) is 39.8. The Morgan fingerprint density at radius 2 is 0.500 bits per heavy atom. The molecule has 4 unspecified atom stereocenters. The number of aliphatic hydroxyl groups excluding tert-OH is 1. The monoisotopic (exact) mass is 1410 g/mol. The van der Waals surface area contributed by atoms with E-state index < -0.39 is 97.5 Å². The average Bonchev–Trinajstić information content (AvgIpc) is 1.82. The number of carbonyl (C=O) groups excluding carboxylic acids is 4. The van der Waals surface area contributed by atoms with Crippen LogP contribution in [0.2, 0.25) is 0 Å². The Balaban J connectivity index is 5.22. The highest BCUT2D eigenvalue weighted by atomic mass is 31.2. The molecule has 0 amide bonds. The Morgan fingerprint density at radius 1 is 0.292 bits per heavy atom. The molecule has 0 aliphatic heterocycles. The molecule has 0 aromatic rings. The van der Waals surface area contributed by atoms with Crippen molar-refractivity contribution < 1.29 is 80.2 Å². The van der Waals surface area contributed by atoms with E-state index in [9.17, 15) is 43.2 Å². The number of carbonyl (C=O) groups is 4. The average molecular weight is 1410 g/mol. The molecule has 3 N–H and O–H groups in total. The van der Waals surface area contributed by atoms with Crippen molar-refractivity contribution in [1.29, 1.82) is 0 Å². The van der Waals surface area contributed by atoms with Crippen molar-refractivity contribution in [1.82, 2.24) is 0 Å². The van der Waals surface area contributed by atoms with E-state index in [4.69, 9.17) is 37.0 Å². The van der Waals surface area contributed by atoms with Crippen molar-refractivity contribution in [2.24, 2.45) is 23.7 Å². The summed E-state index contributed by atoms with van der Waals surface area (Å²) >= 11 is 0. The molecule has 0 aliphatic rings. The van der Waals surface area contributed by atoms with E-state index in [0.717, 1.165) is 114 Å². The Hall–Kier alpha value is -1.94. The summed E-state index contributed by atoms with van der Waals surface area (Å²) in [5.41, 5.74) is 0. The third kappa shape index (κ3) is 67.9. The van der Waals surface area contributed by atoms with Crippen LogP contribution in [0.4, 0.5) is 0 Å². The lowest BCUT2D eigenvalue weighted by molar-refractivity contribution is -0.161. The highest BCUT2D eigenvalue weighted by Crippen LogP contribution is 2.45. The first kappa shape index (κ1) is 94.1. The Bertz CT molecular complexity index is 1890. The SMILES string of the molecule is CCC(C)CCCCCCCCCCCCC(=O)O[C@H](COC(=O)CCCCCCCCCCCCCCCCCCC(C)C)COP(=O)(O)OC[C@@H](O)COP(=O)(O)OC[C@@H](COC(=O)CCCCCCCCC(C)C)OC(=O)CCCCCCCCCCCCC(C)CC. The van der Waals surface area contributed by atoms with Gasteiger partial charge in [-0.05, 0) is 49.4 Å². The molecule has 96 heavy (non-hydrogen) atoms. The number of phosphoric ester groups is 2. The standard InChI is InChI=1S/C77H150O17P2/c1-9-69(7)55-47-39-30-24-19-21-27-33-43-51-59-76(81)93-72(63-87-74(79)57-49-41-32-26-18-16-14-12-11-13-15-17-23-29-37-45-53-67(3)4)65-91-95(83,84)89-61-71(78)62-90-96(85,86)92-66-73(64-88-75(80)58-50-42-36-35-38-46-54-68(5)6)94-77(82)60-52-44-34-28-22-20-25-31-40-48-56-70(8)10-2/h67-73,78H,9-66H2,1-8H3,(H,83,84)(H,85,86)/t69?,70?,71-,72-,73-/m1/s1. The van der Waals surface area contributed by atoms with Crippen LogP contribution in [-0.4, -0.2) is 96.7 Å². The largest absolute Gasteiger partial charge is 0.472 e. The minimum Gasteiger partial charge on any atom is -0.462 e. The molecular formula is C77H150O17P2. The number of unbranched alkanes of at least 4 members (excludes halogenated alkanes) is 38. The molecule has 7 atom stereocenters. The van der Waals surface area contributed by atoms with Gasteiger partial charge in [-0.1, -0.05) is 338 Å². The van der Waals surface area contributed by atoms with E-state index in [1.54, 1.807) is 0 Å². The van der Waals surface area contributed by atoms with Gasteiger partial charge in [0.15, 0.2) is 12.2 Å². The lowest BCUT2D eigenvalue weighted by Gasteiger charge is -2.21. The van der Waals surface area contributed by atoms with Gasteiger partial charge in [-0.15, -0.1) is 0 Å². The second kappa shape index (κ2) is 66.3. The summed E-state index contributed by atoms with van der Waals surface area (Å²) in [6.07, 6.45) is 51.4. The maximum absolute atomic E-state index is 13.1. The molecule has 0 rings (SSSR count). The molecule has 570 valence electrons. The van der Waals surface area contributed by atoms with Crippen molar-refractivity contribution >= 4 is 39.5 Å². The summed E-state index contributed by atoms with van der Waals surface area (Å²) in [6, 6.07) is 0. The highest BCUT2D eigenvalue weighted by molar-refractivity contribution is 7.47. The van der Waals surface area contributed by atoms with Gasteiger partial charge in [0, 0.05) is 25.7 Å². The fourth-order valence-corrected chi connectivity index (χ4v) is 13.2. The molecule has 0 bridgehead atoms. The van der Waals surface area contributed by atoms with Crippen LogP contribution in [0.25, 0.3) is 0 Å². The van der Waals surface area contributed by atoms with Crippen LogP contribution in [0.15, 0.2) is 0 Å². The fourth-order valence-electron chi connectivity index (χ4n) is 11.7. The summed E-state index contributed by atoms with van der Waals surface area (Å²) in [5, 5.41) is 10.6. The maximum atomic E-state index is 13.1. The second-order valence-electron chi connectivity index (χ2n) is 29.2. The van der Waals surface area contributed by atoms with Crippen LogP contribution in [0.5, 0.6) is 0 Å². The quantitative estimate of drug-likeness (QED) is 0.0222. The smallest absolute Gasteiger partial charge is 0.462 e. The molecule has 0 aromatic carbocycles. The summed E-state index contributed by atoms with van der Waals surface area (Å²) in [7, 11) is -9.91. The van der Waals surface area contributed by atoms with Crippen LogP contribution in [-0.2, 0) is 65.4 Å². The van der Waals surface area contributed by atoms with Crippen LogP contribution >= 0.6 is 15.6 Å². The molecule has 0 saturated heterocycles. The molecule has 17 nitrogen and oxygen atoms in total. The first-order valence-corrected chi connectivity index (χ1v) is 42.8. The predicted molar refractivity (Wildman–Crippen MR) is 391 cm³/mol. The molecule has 0 fully saturated rings. The molecule has 0 spiro atoms. The number of aliphatic hydroxyl groups is 1. The number of hydrogen-bond acceptors (Lipinski definition) is 15. The number of rotatable bonds is 74. The number of esters is 4. The molecular weight excluding hydrogens is 1260 g/mol. The van der Waals surface area contributed by atoms with Gasteiger partial charge in [0.2, 0.25) is 0 Å². The first-order chi connectivity index (χ1) is 46.2. The van der Waals surface area contributed by atoms with E-state index in [-0.39, 0.29) is 25.7 Å². The molecule has 0 saturated carbocycles. The number of phosphoric acid groups is 2. The Labute approximate surface area is 588 Å². The Kier molecular flexibility index (Phi) is 65.0. The molecule has 19 heteroatoms. The van der Waals surface area contributed by atoms with Gasteiger partial charge in [-0.3, -0.25) is 37.3 Å². The summed E-state index contributed by atoms with van der Waals surface area (Å²) < 4.78 is 68.5. The van der Waals surface area contributed by atoms with Crippen LogP contribution in [0, 0.1) is 23.7 Å². The van der Waals surface area contributed by atoms with Crippen LogP contribution in [0.1, 0.15) is 389 Å². The maximum Gasteiger partial charge on any atom is 0.472 e. The lowest BCUT2D eigenvalue weighted by Crippen LogP contribution is -2.30. The van der Waals surface area contributed by atoms with E-state index in [1.165, 1.54) is 186 Å². The van der Waals surface area contributed by atoms with E-state index in [1.807, 2.05) is 0 Å². The fraction of sp³-hybridized carbons (Fsp3) is 0.948. The van der Waals surface area contributed by atoms with Gasteiger partial charge in [-0.2, -0.15) is 0 Å². The minimum absolute atomic E-state index is 0.105. The van der Waals surface area contributed by atoms with Crippen LogP contribution < -0.4 is 0 Å². The van der Waals surface area contributed by atoms with Crippen molar-refractivity contribution in [3.8, 4) is 0 Å². The topological polar surface area (TPSA) is 237 Å². The molecule has 0 aliphatic carbocycles. The Morgan fingerprint density at radius 3 is 0.740 bits per heavy atom. The van der Waals surface area contributed by atoms with E-state index >= 15 is 0 Å². The van der Waals surface area contributed by atoms with E-state index in [0.29, 0.717) is 31.6 Å². The summed E-state index contributed by atoms with van der Waals surface area (Å²) in [6.45, 7) is 14.2. The third-order valence-corrected chi connectivity index (χ3v) is 20.4. The van der Waals surface area contributed by atoms with E-state index in [2.05, 4.69) is 55.4 Å². The lowest BCUT2D eigenvalue weighted by atomic mass is 9.99. The van der Waals surface area contributed by atoms with Crippen LogP contribution in [0.3, 0.4) is 0 Å². The number of ether oxygens (including phenoxy) is 4. The summed E-state index contributed by atoms with van der Waals surface area (Å²) in [4.78, 5) is 72.8. The minimum atomic E-state index is -4.96. The van der Waals surface area contributed by atoms with Gasteiger partial charge in [0.05, 0.1) is 26.4 Å². The summed E-state index contributed by atoms with van der Waals surface area (Å²) in [5.74, 6) is 0.976.